The normalized spacial score (nSPS) is 15.2. The first-order valence-corrected chi connectivity index (χ1v) is 7.68. The van der Waals surface area contributed by atoms with E-state index in [2.05, 4.69) is 0 Å². The number of hydrogen-bond donors (Lipinski definition) is 2. The molecule has 1 aliphatic carbocycles. The van der Waals surface area contributed by atoms with E-state index in [-0.39, 0.29) is 21.9 Å². The quantitative estimate of drug-likeness (QED) is 0.786. The second kappa shape index (κ2) is 4.73. The average molecular weight is 285 g/mol. The number of hydrogen-bond acceptors (Lipinski definition) is 5. The second-order valence-electron chi connectivity index (χ2n) is 4.69. The molecular weight excluding hydrogens is 270 g/mol. The molecule has 7 heteroatoms. The lowest BCUT2D eigenvalue weighted by Crippen LogP contribution is -2.11. The van der Waals surface area contributed by atoms with E-state index in [1.54, 1.807) is 0 Å². The van der Waals surface area contributed by atoms with Gasteiger partial charge in [-0.1, -0.05) is 0 Å². The molecule has 6 nitrogen and oxygen atoms in total. The minimum atomic E-state index is -3.52. The van der Waals surface area contributed by atoms with Crippen LogP contribution in [0.5, 0.6) is 5.75 Å². The van der Waals surface area contributed by atoms with Crippen molar-refractivity contribution in [3.8, 4) is 5.75 Å². The van der Waals surface area contributed by atoms with Gasteiger partial charge in [0.1, 0.15) is 4.90 Å². The van der Waals surface area contributed by atoms with Gasteiger partial charge >= 0.3 is 5.97 Å². The summed E-state index contributed by atoms with van der Waals surface area (Å²) in [6.45, 7) is 0.357. The van der Waals surface area contributed by atoms with Crippen molar-refractivity contribution in [1.82, 2.24) is 0 Å². The summed E-state index contributed by atoms with van der Waals surface area (Å²) >= 11 is 0. The van der Waals surface area contributed by atoms with Gasteiger partial charge in [-0.05, 0) is 30.9 Å². The summed E-state index contributed by atoms with van der Waals surface area (Å²) in [4.78, 5) is 10.9. The Kier molecular flexibility index (Phi) is 3.40. The van der Waals surface area contributed by atoms with Crippen LogP contribution in [0.4, 0.5) is 5.69 Å². The molecule has 0 aromatic heterocycles. The maximum absolute atomic E-state index is 11.7. The minimum absolute atomic E-state index is 0.0469. The molecule has 1 fully saturated rings. The van der Waals surface area contributed by atoms with Crippen LogP contribution in [0, 0.1) is 5.92 Å². The third kappa shape index (κ3) is 2.98. The van der Waals surface area contributed by atoms with Gasteiger partial charge in [0.05, 0.1) is 17.9 Å². The first kappa shape index (κ1) is 13.7. The number of nitrogen functional groups attached to an aromatic ring is 1. The fourth-order valence-corrected chi connectivity index (χ4v) is 2.51. The van der Waals surface area contributed by atoms with Gasteiger partial charge < -0.3 is 15.6 Å². The highest BCUT2D eigenvalue weighted by molar-refractivity contribution is 7.90. The Morgan fingerprint density at radius 2 is 2.11 bits per heavy atom. The molecular formula is C12H15NO5S. The van der Waals surface area contributed by atoms with Crippen LogP contribution < -0.4 is 10.5 Å². The molecule has 0 amide bonds. The molecule has 1 saturated carbocycles. The third-order valence-electron chi connectivity index (χ3n) is 2.95. The molecule has 0 aliphatic heterocycles. The topological polar surface area (TPSA) is 107 Å². The lowest BCUT2D eigenvalue weighted by atomic mass is 10.1. The zero-order valence-corrected chi connectivity index (χ0v) is 11.2. The van der Waals surface area contributed by atoms with Crippen LogP contribution in [0.2, 0.25) is 0 Å². The Bertz CT molecular complexity index is 619. The third-order valence-corrected chi connectivity index (χ3v) is 4.07. The molecule has 0 atom stereocenters. The van der Waals surface area contributed by atoms with Crippen LogP contribution in [-0.4, -0.2) is 32.4 Å². The van der Waals surface area contributed by atoms with Gasteiger partial charge in [0.2, 0.25) is 0 Å². The van der Waals surface area contributed by atoms with Crippen molar-refractivity contribution < 1.29 is 23.1 Å². The van der Waals surface area contributed by atoms with Gasteiger partial charge in [0, 0.05) is 6.26 Å². The Balaban J connectivity index is 2.48. The van der Waals surface area contributed by atoms with E-state index in [1.807, 2.05) is 0 Å². The summed E-state index contributed by atoms with van der Waals surface area (Å²) in [5.41, 5.74) is 5.42. The van der Waals surface area contributed by atoms with Gasteiger partial charge in [0.15, 0.2) is 15.6 Å². The van der Waals surface area contributed by atoms with E-state index in [0.717, 1.165) is 19.1 Å². The first-order valence-electron chi connectivity index (χ1n) is 5.79. The molecule has 104 valence electrons. The van der Waals surface area contributed by atoms with Crippen molar-refractivity contribution >= 4 is 21.5 Å². The average Bonchev–Trinajstić information content (AvgIpc) is 3.08. The number of ether oxygens (including phenoxy) is 1. The van der Waals surface area contributed by atoms with Gasteiger partial charge in [-0.2, -0.15) is 0 Å². The predicted molar refractivity (Wildman–Crippen MR) is 69.1 cm³/mol. The number of rotatable bonds is 5. The van der Waals surface area contributed by atoms with E-state index in [4.69, 9.17) is 15.6 Å². The largest absolute Gasteiger partial charge is 0.490 e. The summed E-state index contributed by atoms with van der Waals surface area (Å²) < 4.78 is 28.8. The monoisotopic (exact) mass is 285 g/mol. The predicted octanol–water partition coefficient (Wildman–Crippen LogP) is 1.16. The van der Waals surface area contributed by atoms with Crippen molar-refractivity contribution in [2.24, 2.45) is 5.92 Å². The molecule has 1 aliphatic rings. The molecule has 0 spiro atoms. The first-order chi connectivity index (χ1) is 8.80. The number of anilines is 1. The number of nitrogens with two attached hydrogens (primary N) is 1. The number of aromatic carboxylic acids is 1. The summed E-state index contributed by atoms with van der Waals surface area (Å²) in [5.74, 6) is -0.858. The number of carboxylic acid groups (broad SMARTS) is 1. The van der Waals surface area contributed by atoms with Crippen LogP contribution in [0.1, 0.15) is 23.2 Å². The Morgan fingerprint density at radius 3 is 2.58 bits per heavy atom. The molecule has 0 saturated heterocycles. The van der Waals surface area contributed by atoms with Crippen molar-refractivity contribution in [2.75, 3.05) is 18.6 Å². The summed E-state index contributed by atoms with van der Waals surface area (Å²) in [6.07, 6.45) is 3.10. The second-order valence-corrected chi connectivity index (χ2v) is 6.67. The van der Waals surface area contributed by atoms with Crippen molar-refractivity contribution in [3.63, 3.8) is 0 Å². The number of carboxylic acids is 1. The van der Waals surface area contributed by atoms with Crippen LogP contribution in [0.3, 0.4) is 0 Å². The number of sulfone groups is 1. The van der Waals surface area contributed by atoms with E-state index >= 15 is 0 Å². The lowest BCUT2D eigenvalue weighted by Gasteiger charge is -2.14. The van der Waals surface area contributed by atoms with Crippen LogP contribution in [0.15, 0.2) is 17.0 Å². The van der Waals surface area contributed by atoms with Gasteiger partial charge in [-0.3, -0.25) is 0 Å². The fraction of sp³-hybridized carbons (Fsp3) is 0.417. The number of carbonyl (C=O) groups is 1. The zero-order valence-electron chi connectivity index (χ0n) is 10.4. The Hall–Kier alpha value is -1.76. The molecule has 1 aromatic carbocycles. The van der Waals surface area contributed by atoms with E-state index < -0.39 is 15.8 Å². The van der Waals surface area contributed by atoms with Crippen LogP contribution in [-0.2, 0) is 9.84 Å². The summed E-state index contributed by atoms with van der Waals surface area (Å²) in [5, 5.41) is 8.99. The summed E-state index contributed by atoms with van der Waals surface area (Å²) in [7, 11) is -3.52. The molecule has 0 heterocycles. The zero-order chi connectivity index (χ0) is 14.2. The Labute approximate surface area is 111 Å². The lowest BCUT2D eigenvalue weighted by molar-refractivity contribution is 0.0697. The van der Waals surface area contributed by atoms with E-state index in [1.165, 1.54) is 12.1 Å². The highest BCUT2D eigenvalue weighted by atomic mass is 32.2. The molecule has 1 aromatic rings. The maximum Gasteiger partial charge on any atom is 0.337 e. The van der Waals surface area contributed by atoms with Gasteiger partial charge in [-0.25, -0.2) is 13.2 Å². The SMILES string of the molecule is CS(=O)(=O)c1ccc(C(=O)O)c(N)c1OCC1CC1. The molecule has 2 rings (SSSR count). The highest BCUT2D eigenvalue weighted by Gasteiger charge is 2.26. The number of benzene rings is 1. The van der Waals surface area contributed by atoms with Crippen molar-refractivity contribution in [3.05, 3.63) is 17.7 Å². The van der Waals surface area contributed by atoms with Gasteiger partial charge in [-0.15, -0.1) is 0 Å². The van der Waals surface area contributed by atoms with Crippen LogP contribution >= 0.6 is 0 Å². The van der Waals surface area contributed by atoms with E-state index in [0.29, 0.717) is 12.5 Å². The maximum atomic E-state index is 11.7. The van der Waals surface area contributed by atoms with Gasteiger partial charge in [0.25, 0.3) is 0 Å². The molecule has 3 N–H and O–H groups in total. The molecule has 19 heavy (non-hydrogen) atoms. The van der Waals surface area contributed by atoms with Crippen molar-refractivity contribution in [1.29, 1.82) is 0 Å². The fourth-order valence-electron chi connectivity index (χ4n) is 1.69. The highest BCUT2D eigenvalue weighted by Crippen LogP contribution is 2.36. The molecule has 0 radical (unpaired) electrons. The standard InChI is InChI=1S/C12H15NO5S/c1-19(16,17)9-5-4-8(12(14)15)10(13)11(9)18-6-7-2-3-7/h4-5,7H,2-3,6,13H2,1H3,(H,14,15). The minimum Gasteiger partial charge on any atom is -0.490 e. The smallest absolute Gasteiger partial charge is 0.337 e. The van der Waals surface area contributed by atoms with Crippen LogP contribution in [0.25, 0.3) is 0 Å². The van der Waals surface area contributed by atoms with E-state index in [9.17, 15) is 13.2 Å². The molecule has 0 bridgehead atoms. The molecule has 0 unspecified atom stereocenters. The van der Waals surface area contributed by atoms with Crippen molar-refractivity contribution in [2.45, 2.75) is 17.7 Å². The summed E-state index contributed by atoms with van der Waals surface area (Å²) in [6, 6.07) is 2.40. The Morgan fingerprint density at radius 1 is 1.47 bits per heavy atom.